The molecule has 1 aromatic carbocycles. The first kappa shape index (κ1) is 22.1. The van der Waals surface area contributed by atoms with Crippen LogP contribution < -0.4 is 15.8 Å². The Labute approximate surface area is 166 Å². The van der Waals surface area contributed by atoms with Crippen LogP contribution in [0.15, 0.2) is 52.1 Å². The molecule has 6 nitrogen and oxygen atoms in total. The van der Waals surface area contributed by atoms with Gasteiger partial charge in [-0.25, -0.2) is 0 Å². The average Bonchev–Trinajstić information content (AvgIpc) is 3.02. The van der Waals surface area contributed by atoms with Gasteiger partial charge < -0.3 is 20.2 Å². The van der Waals surface area contributed by atoms with E-state index in [0.717, 1.165) is 0 Å². The predicted molar refractivity (Wildman–Crippen MR) is 104 cm³/mol. The monoisotopic (exact) mass is 484 g/mol. The summed E-state index contributed by atoms with van der Waals surface area (Å²) < 4.78 is 46.6. The van der Waals surface area contributed by atoms with Gasteiger partial charge in [0, 0.05) is 0 Å². The lowest BCUT2D eigenvalue weighted by molar-refractivity contribution is -0.274. The first-order valence-electron chi connectivity index (χ1n) is 7.38. The van der Waals surface area contributed by atoms with Crippen molar-refractivity contribution in [3.05, 3.63) is 48.4 Å². The summed E-state index contributed by atoms with van der Waals surface area (Å²) in [6, 6.07) is 9.02. The second-order valence-electron chi connectivity index (χ2n) is 5.39. The summed E-state index contributed by atoms with van der Waals surface area (Å²) in [6.45, 7) is 0.266. The van der Waals surface area contributed by atoms with E-state index in [-0.39, 0.29) is 54.0 Å². The molecule has 0 fully saturated rings. The van der Waals surface area contributed by atoms with Crippen molar-refractivity contribution in [3.63, 3.8) is 0 Å². The lowest BCUT2D eigenvalue weighted by Crippen LogP contribution is -2.27. The third kappa shape index (κ3) is 6.75. The molecule has 2 aromatic rings. The standard InChI is InChI=1S/C16H19F3N4O2.HI/c1-23(2)12(14-8-5-9-24-14)10-21-15(20)22-11-6-3-4-7-13(11)25-16(17,18)19;/h3-9,12H,10H2,1-2H3,(H3,20,21,22);1H. The molecule has 0 amide bonds. The maximum absolute atomic E-state index is 12.4. The highest BCUT2D eigenvalue weighted by Crippen LogP contribution is 2.29. The normalized spacial score (nSPS) is 13.2. The molecule has 0 aliphatic carbocycles. The van der Waals surface area contributed by atoms with Gasteiger partial charge in [-0.1, -0.05) is 12.1 Å². The Bertz CT molecular complexity index is 706. The van der Waals surface area contributed by atoms with Gasteiger partial charge in [-0.2, -0.15) is 0 Å². The smallest absolute Gasteiger partial charge is 0.468 e. The summed E-state index contributed by atoms with van der Waals surface area (Å²) in [5, 5.41) is 2.63. The van der Waals surface area contributed by atoms with E-state index in [1.807, 2.05) is 25.1 Å². The highest BCUT2D eigenvalue weighted by molar-refractivity contribution is 14.0. The number of nitrogens with zero attached hydrogens (tertiary/aromatic N) is 2. The summed E-state index contributed by atoms with van der Waals surface area (Å²) in [5.41, 5.74) is 5.86. The maximum Gasteiger partial charge on any atom is 0.573 e. The molecular formula is C16H20F3IN4O2. The van der Waals surface area contributed by atoms with Crippen LogP contribution in [0.4, 0.5) is 18.9 Å². The van der Waals surface area contributed by atoms with Crippen molar-refractivity contribution < 1.29 is 22.3 Å². The highest BCUT2D eigenvalue weighted by Gasteiger charge is 2.32. The van der Waals surface area contributed by atoms with E-state index in [0.29, 0.717) is 5.76 Å². The van der Waals surface area contributed by atoms with Gasteiger partial charge in [0.2, 0.25) is 0 Å². The van der Waals surface area contributed by atoms with E-state index in [9.17, 15) is 13.2 Å². The van der Waals surface area contributed by atoms with Crippen LogP contribution in [0, 0.1) is 0 Å². The van der Waals surface area contributed by atoms with Crippen LogP contribution in [0.2, 0.25) is 0 Å². The van der Waals surface area contributed by atoms with E-state index in [4.69, 9.17) is 10.2 Å². The molecule has 0 aliphatic rings. The lowest BCUT2D eigenvalue weighted by Gasteiger charge is -2.20. The van der Waals surface area contributed by atoms with E-state index in [1.54, 1.807) is 18.4 Å². The molecule has 144 valence electrons. The van der Waals surface area contributed by atoms with Crippen molar-refractivity contribution in [3.8, 4) is 5.75 Å². The number of hydrogen-bond acceptors (Lipinski definition) is 4. The molecule has 0 radical (unpaired) electrons. The minimum atomic E-state index is -4.79. The topological polar surface area (TPSA) is 76.0 Å². The number of rotatable bonds is 6. The van der Waals surface area contributed by atoms with Gasteiger partial charge in [0.15, 0.2) is 11.7 Å². The molecule has 10 heteroatoms. The van der Waals surface area contributed by atoms with Crippen molar-refractivity contribution in [2.24, 2.45) is 10.7 Å². The summed E-state index contributed by atoms with van der Waals surface area (Å²) in [6.07, 6.45) is -3.24. The second kappa shape index (κ2) is 9.67. The molecule has 3 N–H and O–H groups in total. The van der Waals surface area contributed by atoms with Crippen LogP contribution in [-0.2, 0) is 0 Å². The molecule has 2 rings (SSSR count). The van der Waals surface area contributed by atoms with Gasteiger partial charge in [-0.05, 0) is 38.4 Å². The Balaban J connectivity index is 0.00000338. The number of likely N-dealkylation sites (N-methyl/N-ethyl adjacent to an activating group) is 1. The van der Waals surface area contributed by atoms with Crippen molar-refractivity contribution >= 4 is 35.6 Å². The fourth-order valence-corrected chi connectivity index (χ4v) is 2.13. The van der Waals surface area contributed by atoms with Crippen LogP contribution >= 0.6 is 24.0 Å². The van der Waals surface area contributed by atoms with Crippen LogP contribution in [-0.4, -0.2) is 37.9 Å². The molecule has 1 aromatic heterocycles. The fourth-order valence-electron chi connectivity index (χ4n) is 2.13. The van der Waals surface area contributed by atoms with E-state index in [1.165, 1.54) is 18.2 Å². The average molecular weight is 484 g/mol. The van der Waals surface area contributed by atoms with Gasteiger partial charge >= 0.3 is 6.36 Å². The third-order valence-corrected chi connectivity index (χ3v) is 3.31. The number of alkyl halides is 3. The van der Waals surface area contributed by atoms with Crippen LogP contribution in [0.3, 0.4) is 0 Å². The molecule has 0 aliphatic heterocycles. The Kier molecular flexibility index (Phi) is 8.21. The number of nitrogens with two attached hydrogens (primary N) is 1. The largest absolute Gasteiger partial charge is 0.573 e. The van der Waals surface area contributed by atoms with Crippen molar-refractivity contribution in [2.45, 2.75) is 12.4 Å². The first-order chi connectivity index (χ1) is 11.8. The van der Waals surface area contributed by atoms with Gasteiger partial charge in [-0.15, -0.1) is 37.1 Å². The number of para-hydroxylation sites is 2. The number of hydrogen-bond donors (Lipinski definition) is 2. The minimum absolute atomic E-state index is 0. The Morgan fingerprint density at radius 1 is 1.27 bits per heavy atom. The SMILES string of the molecule is CN(C)C(CN=C(N)Nc1ccccc1OC(F)(F)F)c1ccco1.I. The first-order valence-corrected chi connectivity index (χ1v) is 7.38. The fraction of sp³-hybridized carbons (Fsp3) is 0.312. The summed E-state index contributed by atoms with van der Waals surface area (Å²) in [7, 11) is 3.72. The number of halogens is 4. The number of aliphatic imine (C=N–C) groups is 1. The van der Waals surface area contributed by atoms with Gasteiger partial charge in [0.1, 0.15) is 5.76 Å². The summed E-state index contributed by atoms with van der Waals surface area (Å²) in [4.78, 5) is 6.08. The molecule has 0 bridgehead atoms. The van der Waals surface area contributed by atoms with Crippen molar-refractivity contribution in [1.29, 1.82) is 0 Å². The number of nitrogens with one attached hydrogen (secondary N) is 1. The zero-order valence-electron chi connectivity index (χ0n) is 14.2. The number of ether oxygens (including phenoxy) is 1. The zero-order chi connectivity index (χ0) is 18.4. The lowest BCUT2D eigenvalue weighted by atomic mass is 10.2. The molecule has 0 saturated carbocycles. The van der Waals surface area contributed by atoms with Gasteiger partial charge in [-0.3, -0.25) is 9.89 Å². The summed E-state index contributed by atoms with van der Waals surface area (Å²) in [5.74, 6) is 0.294. The molecule has 26 heavy (non-hydrogen) atoms. The molecule has 1 atom stereocenters. The molecular weight excluding hydrogens is 464 g/mol. The number of furan rings is 1. The Morgan fingerprint density at radius 3 is 2.54 bits per heavy atom. The third-order valence-electron chi connectivity index (χ3n) is 3.31. The number of anilines is 1. The predicted octanol–water partition coefficient (Wildman–Crippen LogP) is 3.83. The van der Waals surface area contributed by atoms with Crippen molar-refractivity contribution in [1.82, 2.24) is 4.90 Å². The van der Waals surface area contributed by atoms with E-state index in [2.05, 4.69) is 15.0 Å². The molecule has 1 heterocycles. The second-order valence-corrected chi connectivity index (χ2v) is 5.39. The van der Waals surface area contributed by atoms with E-state index < -0.39 is 6.36 Å². The minimum Gasteiger partial charge on any atom is -0.468 e. The zero-order valence-corrected chi connectivity index (χ0v) is 16.5. The number of guanidine groups is 1. The van der Waals surface area contributed by atoms with Crippen LogP contribution in [0.1, 0.15) is 11.8 Å². The maximum atomic E-state index is 12.4. The number of benzene rings is 1. The van der Waals surface area contributed by atoms with Crippen molar-refractivity contribution in [2.75, 3.05) is 26.0 Å². The van der Waals surface area contributed by atoms with Crippen LogP contribution in [0.5, 0.6) is 5.75 Å². The molecule has 0 spiro atoms. The van der Waals surface area contributed by atoms with Crippen LogP contribution in [0.25, 0.3) is 0 Å². The highest BCUT2D eigenvalue weighted by atomic mass is 127. The van der Waals surface area contributed by atoms with Gasteiger partial charge in [0.25, 0.3) is 0 Å². The quantitative estimate of drug-likeness (QED) is 0.371. The Morgan fingerprint density at radius 2 is 1.96 bits per heavy atom. The molecule has 0 saturated heterocycles. The summed E-state index contributed by atoms with van der Waals surface area (Å²) >= 11 is 0. The Hall–Kier alpha value is -1.95. The van der Waals surface area contributed by atoms with Gasteiger partial charge in [0.05, 0.1) is 24.5 Å². The van der Waals surface area contributed by atoms with E-state index >= 15 is 0 Å². The molecule has 1 unspecified atom stereocenters.